The van der Waals surface area contributed by atoms with E-state index >= 15 is 0 Å². The van der Waals surface area contributed by atoms with Gasteiger partial charge in [-0.3, -0.25) is 0 Å². The average Bonchev–Trinajstić information content (AvgIpc) is 2.72. The van der Waals surface area contributed by atoms with E-state index in [9.17, 15) is 0 Å². The summed E-state index contributed by atoms with van der Waals surface area (Å²) in [6, 6.07) is 9.35. The van der Waals surface area contributed by atoms with Crippen LogP contribution in [-0.4, -0.2) is 30.6 Å². The summed E-state index contributed by atoms with van der Waals surface area (Å²) in [5, 5.41) is 3.64. The molecule has 1 N–H and O–H groups in total. The van der Waals surface area contributed by atoms with Crippen molar-refractivity contribution in [1.29, 1.82) is 0 Å². The molecule has 0 amide bonds. The zero-order chi connectivity index (χ0) is 10.8. The van der Waals surface area contributed by atoms with E-state index in [4.69, 9.17) is 0 Å². The molecule has 1 atom stereocenters. The number of piperidine rings is 1. The first-order valence-electron chi connectivity index (χ1n) is 6.48. The third-order valence-corrected chi connectivity index (χ3v) is 3.77. The first kappa shape index (κ1) is 10.2. The monoisotopic (exact) mass is 216 g/mol. The maximum absolute atomic E-state index is 3.64. The van der Waals surface area contributed by atoms with Gasteiger partial charge in [-0.1, -0.05) is 24.6 Å². The minimum atomic E-state index is 0.635. The maximum atomic E-state index is 3.64. The quantitative estimate of drug-likeness (QED) is 0.817. The molecule has 0 radical (unpaired) electrons. The van der Waals surface area contributed by atoms with Gasteiger partial charge >= 0.3 is 0 Å². The van der Waals surface area contributed by atoms with E-state index in [0.29, 0.717) is 6.04 Å². The number of hydrogen-bond donors (Lipinski definition) is 1. The molecule has 86 valence electrons. The maximum Gasteiger partial charge on any atom is 0.0429 e. The van der Waals surface area contributed by atoms with Gasteiger partial charge in [0, 0.05) is 18.3 Å². The summed E-state index contributed by atoms with van der Waals surface area (Å²) in [5.74, 6) is 0. The van der Waals surface area contributed by atoms with Crippen molar-refractivity contribution in [2.24, 2.45) is 0 Å². The highest BCUT2D eigenvalue weighted by Gasteiger charge is 2.22. The average molecular weight is 216 g/mol. The molecule has 2 heterocycles. The lowest BCUT2D eigenvalue weighted by Crippen LogP contribution is -2.38. The third kappa shape index (κ3) is 2.07. The van der Waals surface area contributed by atoms with Crippen LogP contribution in [0.4, 0.5) is 5.69 Å². The van der Waals surface area contributed by atoms with Crippen LogP contribution >= 0.6 is 0 Å². The second kappa shape index (κ2) is 4.46. The molecule has 2 heteroatoms. The first-order valence-corrected chi connectivity index (χ1v) is 6.48. The molecule has 0 spiro atoms. The summed E-state index contributed by atoms with van der Waals surface area (Å²) in [7, 11) is 0. The number of benzene rings is 1. The summed E-state index contributed by atoms with van der Waals surface area (Å²) in [4.78, 5) is 2.62. The van der Waals surface area contributed by atoms with E-state index in [1.165, 1.54) is 56.6 Å². The minimum absolute atomic E-state index is 0.635. The molecule has 2 aliphatic rings. The highest BCUT2D eigenvalue weighted by molar-refractivity contribution is 5.56. The molecule has 0 saturated carbocycles. The van der Waals surface area contributed by atoms with E-state index in [-0.39, 0.29) is 0 Å². The zero-order valence-corrected chi connectivity index (χ0v) is 9.78. The number of para-hydroxylation sites is 1. The lowest BCUT2D eigenvalue weighted by Gasteiger charge is -2.29. The fourth-order valence-electron chi connectivity index (χ4n) is 2.94. The number of nitrogens with one attached hydrogen (secondary N) is 1. The molecule has 0 bridgehead atoms. The van der Waals surface area contributed by atoms with E-state index < -0.39 is 0 Å². The van der Waals surface area contributed by atoms with Crippen LogP contribution in [0.5, 0.6) is 0 Å². The van der Waals surface area contributed by atoms with Gasteiger partial charge < -0.3 is 10.2 Å². The van der Waals surface area contributed by atoms with E-state index in [1.807, 2.05) is 0 Å². The number of rotatable bonds is 2. The molecule has 2 nitrogen and oxygen atoms in total. The summed E-state index contributed by atoms with van der Waals surface area (Å²) in [6.07, 6.45) is 5.40. The van der Waals surface area contributed by atoms with Gasteiger partial charge in [-0.2, -0.15) is 0 Å². The fraction of sp³-hybridized carbons (Fsp3) is 0.571. The fourth-order valence-corrected chi connectivity index (χ4v) is 2.94. The number of fused-ring (bicyclic) bond motifs is 1. The minimum Gasteiger partial charge on any atom is -0.380 e. The topological polar surface area (TPSA) is 15.3 Å². The van der Waals surface area contributed by atoms with Crippen molar-refractivity contribution in [3.05, 3.63) is 29.8 Å². The van der Waals surface area contributed by atoms with Crippen molar-refractivity contribution in [2.45, 2.75) is 31.7 Å². The molecule has 1 saturated heterocycles. The van der Waals surface area contributed by atoms with Gasteiger partial charge in [0.1, 0.15) is 0 Å². The first-order chi connectivity index (χ1) is 7.92. The second-order valence-electron chi connectivity index (χ2n) is 5.06. The van der Waals surface area contributed by atoms with E-state index in [2.05, 4.69) is 34.5 Å². The van der Waals surface area contributed by atoms with Crippen LogP contribution < -0.4 is 5.32 Å². The normalized spacial score (nSPS) is 25.1. The Labute approximate surface area is 97.6 Å². The highest BCUT2D eigenvalue weighted by atomic mass is 15.2. The van der Waals surface area contributed by atoms with Crippen LogP contribution in [0.25, 0.3) is 0 Å². The van der Waals surface area contributed by atoms with Gasteiger partial charge in [0.05, 0.1) is 0 Å². The number of nitrogens with zero attached hydrogens (tertiary/aromatic N) is 1. The predicted molar refractivity (Wildman–Crippen MR) is 67.8 cm³/mol. The lowest BCUT2D eigenvalue weighted by atomic mass is 10.1. The summed E-state index contributed by atoms with van der Waals surface area (Å²) < 4.78 is 0. The molecular formula is C14H20N2. The smallest absolute Gasteiger partial charge is 0.0429 e. The van der Waals surface area contributed by atoms with Crippen molar-refractivity contribution < 1.29 is 0 Å². The molecule has 16 heavy (non-hydrogen) atoms. The van der Waals surface area contributed by atoms with Crippen molar-refractivity contribution in [3.8, 4) is 0 Å². The summed E-state index contributed by atoms with van der Waals surface area (Å²) in [5.41, 5.74) is 2.84. The van der Waals surface area contributed by atoms with Crippen molar-refractivity contribution in [3.63, 3.8) is 0 Å². The van der Waals surface area contributed by atoms with Gasteiger partial charge in [-0.05, 0) is 44.0 Å². The molecule has 3 rings (SSSR count). The highest BCUT2D eigenvalue weighted by Crippen LogP contribution is 2.25. The van der Waals surface area contributed by atoms with Gasteiger partial charge in [0.25, 0.3) is 0 Å². The van der Waals surface area contributed by atoms with Gasteiger partial charge in [-0.15, -0.1) is 0 Å². The van der Waals surface area contributed by atoms with E-state index in [0.717, 1.165) is 0 Å². The Bertz CT molecular complexity index is 331. The van der Waals surface area contributed by atoms with Gasteiger partial charge in [0.2, 0.25) is 0 Å². The third-order valence-electron chi connectivity index (χ3n) is 3.77. The van der Waals surface area contributed by atoms with Crippen LogP contribution in [0.1, 0.15) is 24.8 Å². The van der Waals surface area contributed by atoms with Gasteiger partial charge in [-0.25, -0.2) is 0 Å². The molecule has 0 aliphatic carbocycles. The molecule has 1 unspecified atom stereocenters. The van der Waals surface area contributed by atoms with Crippen LogP contribution in [0.15, 0.2) is 24.3 Å². The van der Waals surface area contributed by atoms with Crippen molar-refractivity contribution >= 4 is 5.69 Å². The molecule has 1 fully saturated rings. The summed E-state index contributed by atoms with van der Waals surface area (Å²) in [6.45, 7) is 3.82. The van der Waals surface area contributed by atoms with Crippen LogP contribution in [0, 0.1) is 0 Å². The largest absolute Gasteiger partial charge is 0.380 e. The molecule has 0 aromatic heterocycles. The SMILES string of the molecule is c1ccc2c(c1)CC(CN1CCCCC1)N2. The van der Waals surface area contributed by atoms with Crippen LogP contribution in [0.2, 0.25) is 0 Å². The molecule has 1 aromatic carbocycles. The zero-order valence-electron chi connectivity index (χ0n) is 9.78. The Morgan fingerprint density at radius 3 is 2.75 bits per heavy atom. The second-order valence-corrected chi connectivity index (χ2v) is 5.06. The Hall–Kier alpha value is -1.02. The van der Waals surface area contributed by atoms with Crippen molar-refractivity contribution in [1.82, 2.24) is 4.90 Å². The van der Waals surface area contributed by atoms with Crippen molar-refractivity contribution in [2.75, 3.05) is 25.0 Å². The van der Waals surface area contributed by atoms with Crippen LogP contribution in [-0.2, 0) is 6.42 Å². The lowest BCUT2D eigenvalue weighted by molar-refractivity contribution is 0.221. The Kier molecular flexibility index (Phi) is 2.83. The van der Waals surface area contributed by atoms with Gasteiger partial charge in [0.15, 0.2) is 0 Å². The van der Waals surface area contributed by atoms with E-state index in [1.54, 1.807) is 0 Å². The Morgan fingerprint density at radius 1 is 1.12 bits per heavy atom. The molecule has 1 aromatic rings. The number of anilines is 1. The number of likely N-dealkylation sites (tertiary alicyclic amines) is 1. The predicted octanol–water partition coefficient (Wildman–Crippen LogP) is 2.51. The molecule has 2 aliphatic heterocycles. The summed E-state index contributed by atoms with van der Waals surface area (Å²) >= 11 is 0. The standard InChI is InChI=1S/C14H20N2/c1-4-8-16(9-5-1)11-13-10-12-6-2-3-7-14(12)15-13/h2-3,6-7,13,15H,1,4-5,8-11H2. The number of hydrogen-bond acceptors (Lipinski definition) is 2. The van der Waals surface area contributed by atoms with Crippen LogP contribution in [0.3, 0.4) is 0 Å². The molecular weight excluding hydrogens is 196 g/mol. The Balaban J connectivity index is 1.59. The Morgan fingerprint density at radius 2 is 1.94 bits per heavy atom.